The number of hydrogen-bond donors (Lipinski definition) is 3. The normalized spacial score (nSPS) is 18.5. The zero-order chi connectivity index (χ0) is 18.2. The van der Waals surface area contributed by atoms with E-state index in [0.717, 1.165) is 41.2 Å². The fourth-order valence-electron chi connectivity index (χ4n) is 3.10. The number of carbonyl (C=O) groups is 1. The van der Waals surface area contributed by atoms with Crippen LogP contribution in [0, 0.1) is 0 Å². The van der Waals surface area contributed by atoms with Crippen LogP contribution in [0.4, 0.5) is 11.4 Å². The van der Waals surface area contributed by atoms with Crippen LogP contribution in [0.2, 0.25) is 0 Å². The van der Waals surface area contributed by atoms with E-state index >= 15 is 0 Å². The molecule has 0 aliphatic carbocycles. The van der Waals surface area contributed by atoms with Crippen LogP contribution in [0.5, 0.6) is 0 Å². The van der Waals surface area contributed by atoms with Gasteiger partial charge in [0, 0.05) is 37.8 Å². The Labute approximate surface area is 154 Å². The predicted octanol–water partition coefficient (Wildman–Crippen LogP) is 1.24. The van der Waals surface area contributed by atoms with E-state index < -0.39 is 21.5 Å². The molecule has 0 radical (unpaired) electrons. The number of halogens is 1. The number of nitrogens with zero attached hydrogens (tertiary/aromatic N) is 2. The number of sulfone groups is 1. The van der Waals surface area contributed by atoms with Crippen LogP contribution in [-0.2, 0) is 14.6 Å². The standard InChI is InChI=1S/C15H20BrN5O3S/c1-25(23,24)8-12(22)20-11-6-19-15-13(11)14(10(16)5-18-15)21-4-2-3-9(17)7-21/h5-6,9H,2-4,7-8,17H2,1H3,(H,18,19)(H,20,22). The summed E-state index contributed by atoms with van der Waals surface area (Å²) in [7, 11) is -3.40. The van der Waals surface area contributed by atoms with Gasteiger partial charge in [-0.1, -0.05) is 0 Å². The summed E-state index contributed by atoms with van der Waals surface area (Å²) in [5, 5.41) is 3.41. The third-order valence-electron chi connectivity index (χ3n) is 4.07. The average Bonchev–Trinajstić information content (AvgIpc) is 2.88. The number of rotatable bonds is 4. The van der Waals surface area contributed by atoms with Crippen molar-refractivity contribution in [3.05, 3.63) is 16.9 Å². The third-order valence-corrected chi connectivity index (χ3v) is 5.44. The highest BCUT2D eigenvalue weighted by Gasteiger charge is 2.24. The van der Waals surface area contributed by atoms with E-state index in [1.807, 2.05) is 0 Å². The summed E-state index contributed by atoms with van der Waals surface area (Å²) in [5.74, 6) is -1.14. The molecule has 1 amide bonds. The first-order valence-electron chi connectivity index (χ1n) is 7.88. The number of hydrogen-bond acceptors (Lipinski definition) is 6. The number of fused-ring (bicyclic) bond motifs is 1. The van der Waals surface area contributed by atoms with Gasteiger partial charge in [0.25, 0.3) is 0 Å². The van der Waals surface area contributed by atoms with Crippen molar-refractivity contribution in [2.45, 2.75) is 18.9 Å². The smallest absolute Gasteiger partial charge is 0.239 e. The van der Waals surface area contributed by atoms with E-state index in [2.05, 4.69) is 36.1 Å². The number of amides is 1. The number of nitrogens with two attached hydrogens (primary N) is 1. The molecule has 3 heterocycles. The summed E-state index contributed by atoms with van der Waals surface area (Å²) in [4.78, 5) is 21.5. The lowest BCUT2D eigenvalue weighted by molar-refractivity contribution is -0.113. The molecule has 1 aliphatic heterocycles. The van der Waals surface area contributed by atoms with Gasteiger partial charge in [0.05, 0.1) is 21.2 Å². The van der Waals surface area contributed by atoms with Crippen LogP contribution in [-0.4, -0.2) is 55.4 Å². The van der Waals surface area contributed by atoms with E-state index in [9.17, 15) is 13.2 Å². The third kappa shape index (κ3) is 4.13. The second kappa shape index (κ2) is 6.93. The maximum atomic E-state index is 12.0. The Balaban J connectivity index is 2.00. The fourth-order valence-corrected chi connectivity index (χ4v) is 4.20. The molecule has 25 heavy (non-hydrogen) atoms. The number of pyridine rings is 1. The number of nitrogens with one attached hydrogen (secondary N) is 2. The minimum atomic E-state index is -3.40. The summed E-state index contributed by atoms with van der Waals surface area (Å²) in [5.41, 5.74) is 8.13. The van der Waals surface area contributed by atoms with Crippen molar-refractivity contribution in [1.29, 1.82) is 0 Å². The maximum absolute atomic E-state index is 12.0. The zero-order valence-corrected chi connectivity index (χ0v) is 16.2. The lowest BCUT2D eigenvalue weighted by Crippen LogP contribution is -2.43. The van der Waals surface area contributed by atoms with Crippen molar-refractivity contribution in [2.24, 2.45) is 5.73 Å². The van der Waals surface area contributed by atoms with Crippen LogP contribution >= 0.6 is 15.9 Å². The summed E-state index contributed by atoms with van der Waals surface area (Å²) in [6.45, 7) is 1.56. The zero-order valence-electron chi connectivity index (χ0n) is 13.8. The number of H-pyrrole nitrogens is 1. The van der Waals surface area contributed by atoms with Crippen LogP contribution in [0.1, 0.15) is 12.8 Å². The molecular formula is C15H20BrN5O3S. The number of aromatic amines is 1. The SMILES string of the molecule is CS(=O)(=O)CC(=O)Nc1c[nH]c2ncc(Br)c(N3CCCC(N)C3)c12. The van der Waals surface area contributed by atoms with Crippen LogP contribution < -0.4 is 16.0 Å². The summed E-state index contributed by atoms with van der Waals surface area (Å²) in [6, 6.07) is 0.0890. The average molecular weight is 430 g/mol. The van der Waals surface area contributed by atoms with Gasteiger partial charge in [-0.15, -0.1) is 0 Å². The molecule has 10 heteroatoms. The molecule has 0 bridgehead atoms. The topological polar surface area (TPSA) is 121 Å². The molecule has 2 aromatic rings. The first kappa shape index (κ1) is 18.2. The minimum absolute atomic E-state index is 0.0890. The van der Waals surface area contributed by atoms with Crippen molar-refractivity contribution < 1.29 is 13.2 Å². The predicted molar refractivity (Wildman–Crippen MR) is 102 cm³/mol. The van der Waals surface area contributed by atoms with Gasteiger partial charge in [0.2, 0.25) is 5.91 Å². The monoisotopic (exact) mass is 429 g/mol. The largest absolute Gasteiger partial charge is 0.368 e. The Bertz CT molecular complexity index is 911. The lowest BCUT2D eigenvalue weighted by Gasteiger charge is -2.33. The Morgan fingerprint density at radius 2 is 2.32 bits per heavy atom. The summed E-state index contributed by atoms with van der Waals surface area (Å²) >= 11 is 3.54. The molecule has 1 unspecified atom stereocenters. The first-order valence-corrected chi connectivity index (χ1v) is 10.7. The molecule has 0 spiro atoms. The van der Waals surface area contributed by atoms with Crippen LogP contribution in [0.15, 0.2) is 16.9 Å². The van der Waals surface area contributed by atoms with Gasteiger partial charge in [-0.25, -0.2) is 13.4 Å². The maximum Gasteiger partial charge on any atom is 0.239 e. The van der Waals surface area contributed by atoms with Crippen LogP contribution in [0.3, 0.4) is 0 Å². The molecule has 1 atom stereocenters. The van der Waals surface area contributed by atoms with Crippen molar-refractivity contribution in [3.8, 4) is 0 Å². The number of anilines is 2. The molecule has 1 aliphatic rings. The van der Waals surface area contributed by atoms with Gasteiger partial charge < -0.3 is 20.9 Å². The molecular weight excluding hydrogens is 410 g/mol. The molecule has 0 saturated carbocycles. The summed E-state index contributed by atoms with van der Waals surface area (Å²) in [6.07, 6.45) is 6.32. The molecule has 2 aromatic heterocycles. The van der Waals surface area contributed by atoms with Crippen LogP contribution in [0.25, 0.3) is 11.0 Å². The fraction of sp³-hybridized carbons (Fsp3) is 0.467. The Morgan fingerprint density at radius 1 is 1.56 bits per heavy atom. The van der Waals surface area contributed by atoms with Crippen molar-refractivity contribution in [3.63, 3.8) is 0 Å². The van der Waals surface area contributed by atoms with E-state index in [1.165, 1.54) is 0 Å². The molecule has 0 aromatic carbocycles. The number of carbonyl (C=O) groups excluding carboxylic acids is 1. The van der Waals surface area contributed by atoms with Crippen molar-refractivity contribution >= 4 is 54.1 Å². The lowest BCUT2D eigenvalue weighted by atomic mass is 10.1. The second-order valence-electron chi connectivity index (χ2n) is 6.35. The van der Waals surface area contributed by atoms with Crippen molar-refractivity contribution in [1.82, 2.24) is 9.97 Å². The van der Waals surface area contributed by atoms with E-state index in [0.29, 0.717) is 17.9 Å². The van der Waals surface area contributed by atoms with Gasteiger partial charge in [-0.05, 0) is 28.8 Å². The minimum Gasteiger partial charge on any atom is -0.368 e. The van der Waals surface area contributed by atoms with E-state index in [4.69, 9.17) is 5.73 Å². The molecule has 4 N–H and O–H groups in total. The number of piperidine rings is 1. The number of aromatic nitrogens is 2. The molecule has 136 valence electrons. The van der Waals surface area contributed by atoms with E-state index in [-0.39, 0.29) is 6.04 Å². The van der Waals surface area contributed by atoms with E-state index in [1.54, 1.807) is 12.4 Å². The Hall–Kier alpha value is -1.65. The molecule has 1 fully saturated rings. The quantitative estimate of drug-likeness (QED) is 0.671. The van der Waals surface area contributed by atoms with Gasteiger partial charge in [-0.2, -0.15) is 0 Å². The molecule has 1 saturated heterocycles. The van der Waals surface area contributed by atoms with Gasteiger partial charge >= 0.3 is 0 Å². The Morgan fingerprint density at radius 3 is 3.00 bits per heavy atom. The van der Waals surface area contributed by atoms with Gasteiger partial charge in [0.15, 0.2) is 9.84 Å². The molecule has 8 nitrogen and oxygen atoms in total. The van der Waals surface area contributed by atoms with Gasteiger partial charge in [0.1, 0.15) is 11.4 Å². The second-order valence-corrected chi connectivity index (χ2v) is 9.34. The Kier molecular flexibility index (Phi) is 5.03. The highest BCUT2D eigenvalue weighted by atomic mass is 79.9. The highest BCUT2D eigenvalue weighted by molar-refractivity contribution is 9.10. The highest BCUT2D eigenvalue weighted by Crippen LogP contribution is 2.38. The molecule has 3 rings (SSSR count). The van der Waals surface area contributed by atoms with Gasteiger partial charge in [-0.3, -0.25) is 4.79 Å². The first-order chi connectivity index (χ1) is 11.7. The van der Waals surface area contributed by atoms with Crippen molar-refractivity contribution in [2.75, 3.05) is 35.3 Å². The summed E-state index contributed by atoms with van der Waals surface area (Å²) < 4.78 is 23.5.